The van der Waals surface area contributed by atoms with Crippen LogP contribution in [0.15, 0.2) is 0 Å². The van der Waals surface area contributed by atoms with Gasteiger partial charge in [0.25, 0.3) is 0 Å². The number of rotatable bonds is 7. The Labute approximate surface area is 129 Å². The van der Waals surface area contributed by atoms with Gasteiger partial charge in [0, 0.05) is 19.3 Å². The lowest BCUT2D eigenvalue weighted by Crippen LogP contribution is -2.50. The maximum atomic E-state index is 9.62. The molecule has 0 aromatic carbocycles. The van der Waals surface area contributed by atoms with Crippen LogP contribution in [0.3, 0.4) is 0 Å². The van der Waals surface area contributed by atoms with E-state index in [1.54, 1.807) is 0 Å². The Morgan fingerprint density at radius 2 is 2.19 bits per heavy atom. The molecule has 4 nitrogen and oxygen atoms in total. The lowest BCUT2D eigenvalue weighted by molar-refractivity contribution is -0.0431. The van der Waals surface area contributed by atoms with Gasteiger partial charge in [-0.25, -0.2) is 0 Å². The van der Waals surface area contributed by atoms with Gasteiger partial charge in [0.1, 0.15) is 5.54 Å². The molecule has 2 fully saturated rings. The highest BCUT2D eigenvalue weighted by Gasteiger charge is 2.43. The highest BCUT2D eigenvalue weighted by atomic mass is 16.5. The van der Waals surface area contributed by atoms with Gasteiger partial charge < -0.3 is 9.47 Å². The first-order chi connectivity index (χ1) is 10.2. The van der Waals surface area contributed by atoms with Gasteiger partial charge in [-0.15, -0.1) is 0 Å². The van der Waals surface area contributed by atoms with E-state index in [0.29, 0.717) is 18.6 Å². The molecule has 0 spiro atoms. The smallest absolute Gasteiger partial charge is 0.109 e. The fourth-order valence-corrected chi connectivity index (χ4v) is 3.73. The Bertz CT molecular complexity index is 347. The largest absolute Gasteiger partial charge is 0.379 e. The third kappa shape index (κ3) is 4.67. The Balaban J connectivity index is 1.72. The van der Waals surface area contributed by atoms with Crippen molar-refractivity contribution in [3.63, 3.8) is 0 Å². The standard InChI is InChI=1S/C17H30N2O2/c1-14(2)19-17(13-18)9-5-6-15(17)8-11-20-12-16-7-3-4-10-21-16/h14-16,19H,3-12H2,1-2H3. The summed E-state index contributed by atoms with van der Waals surface area (Å²) in [6, 6.07) is 2.91. The maximum Gasteiger partial charge on any atom is 0.109 e. The normalized spacial score (nSPS) is 33.2. The number of nitrogens with one attached hydrogen (secondary N) is 1. The summed E-state index contributed by atoms with van der Waals surface area (Å²) in [6.07, 6.45) is 8.08. The van der Waals surface area contributed by atoms with Crippen molar-refractivity contribution in [3.05, 3.63) is 0 Å². The summed E-state index contributed by atoms with van der Waals surface area (Å²) in [5.41, 5.74) is -0.334. The van der Waals surface area contributed by atoms with Crippen LogP contribution >= 0.6 is 0 Å². The average Bonchev–Trinajstić information content (AvgIpc) is 2.87. The molecule has 1 heterocycles. The van der Waals surface area contributed by atoms with Crippen molar-refractivity contribution in [2.24, 2.45) is 5.92 Å². The molecule has 0 bridgehead atoms. The fraction of sp³-hybridized carbons (Fsp3) is 0.941. The first-order valence-corrected chi connectivity index (χ1v) is 8.54. The van der Waals surface area contributed by atoms with Gasteiger partial charge >= 0.3 is 0 Å². The highest BCUT2D eigenvalue weighted by molar-refractivity contribution is 5.14. The fourth-order valence-electron chi connectivity index (χ4n) is 3.73. The minimum absolute atomic E-state index is 0.289. The van der Waals surface area contributed by atoms with Crippen molar-refractivity contribution < 1.29 is 9.47 Å². The lowest BCUT2D eigenvalue weighted by Gasteiger charge is -2.32. The lowest BCUT2D eigenvalue weighted by atomic mass is 9.85. The van der Waals surface area contributed by atoms with Crippen molar-refractivity contribution in [3.8, 4) is 6.07 Å². The van der Waals surface area contributed by atoms with Crippen molar-refractivity contribution >= 4 is 0 Å². The van der Waals surface area contributed by atoms with E-state index in [-0.39, 0.29) is 11.6 Å². The molecule has 1 aliphatic carbocycles. The van der Waals surface area contributed by atoms with Gasteiger partial charge in [0.15, 0.2) is 0 Å². The minimum atomic E-state index is -0.334. The van der Waals surface area contributed by atoms with E-state index in [2.05, 4.69) is 25.2 Å². The monoisotopic (exact) mass is 294 g/mol. The van der Waals surface area contributed by atoms with Gasteiger partial charge in [-0.3, -0.25) is 5.32 Å². The van der Waals surface area contributed by atoms with Gasteiger partial charge in [0.05, 0.1) is 18.8 Å². The minimum Gasteiger partial charge on any atom is -0.379 e. The summed E-state index contributed by atoms with van der Waals surface area (Å²) in [5.74, 6) is 0.414. The number of nitrogens with zero attached hydrogens (tertiary/aromatic N) is 1. The molecule has 3 atom stereocenters. The molecule has 0 radical (unpaired) electrons. The molecule has 1 saturated carbocycles. The molecule has 0 aromatic rings. The average molecular weight is 294 g/mol. The van der Waals surface area contributed by atoms with Crippen molar-refractivity contribution in [2.75, 3.05) is 19.8 Å². The maximum absolute atomic E-state index is 9.62. The zero-order valence-corrected chi connectivity index (χ0v) is 13.6. The molecule has 120 valence electrons. The quantitative estimate of drug-likeness (QED) is 0.733. The molecule has 3 unspecified atom stereocenters. The number of ether oxygens (including phenoxy) is 2. The van der Waals surface area contributed by atoms with Crippen LogP contribution in [0.1, 0.15) is 58.8 Å². The first-order valence-electron chi connectivity index (χ1n) is 8.54. The Morgan fingerprint density at radius 3 is 2.86 bits per heavy atom. The van der Waals surface area contributed by atoms with Crippen molar-refractivity contribution in [1.29, 1.82) is 5.26 Å². The molecule has 1 N–H and O–H groups in total. The third-order valence-electron chi connectivity index (χ3n) is 4.75. The molecule has 2 aliphatic rings. The number of hydrogen-bond donors (Lipinski definition) is 1. The van der Waals surface area contributed by atoms with Gasteiger partial charge in [-0.2, -0.15) is 5.26 Å². The molecule has 0 aromatic heterocycles. The summed E-state index contributed by atoms with van der Waals surface area (Å²) in [4.78, 5) is 0. The predicted molar refractivity (Wildman–Crippen MR) is 83.0 cm³/mol. The van der Waals surface area contributed by atoms with E-state index in [1.807, 2.05) is 0 Å². The van der Waals surface area contributed by atoms with E-state index < -0.39 is 0 Å². The summed E-state index contributed by atoms with van der Waals surface area (Å²) < 4.78 is 11.5. The van der Waals surface area contributed by atoms with E-state index >= 15 is 0 Å². The predicted octanol–water partition coefficient (Wildman–Crippen LogP) is 3.02. The van der Waals surface area contributed by atoms with Gasteiger partial charge in [0.2, 0.25) is 0 Å². The molecule has 2 rings (SSSR count). The third-order valence-corrected chi connectivity index (χ3v) is 4.75. The topological polar surface area (TPSA) is 54.3 Å². The molecule has 1 saturated heterocycles. The molecular formula is C17H30N2O2. The number of hydrogen-bond acceptors (Lipinski definition) is 4. The Morgan fingerprint density at radius 1 is 1.33 bits per heavy atom. The van der Waals surface area contributed by atoms with E-state index in [1.165, 1.54) is 12.8 Å². The van der Waals surface area contributed by atoms with Gasteiger partial charge in [-0.05, 0) is 58.3 Å². The van der Waals surface area contributed by atoms with Gasteiger partial charge in [-0.1, -0.05) is 6.42 Å². The van der Waals surface area contributed by atoms with Crippen LogP contribution in [-0.4, -0.2) is 37.5 Å². The van der Waals surface area contributed by atoms with Crippen molar-refractivity contribution in [1.82, 2.24) is 5.32 Å². The Hall–Kier alpha value is -0.630. The van der Waals surface area contributed by atoms with Crippen LogP contribution in [0.5, 0.6) is 0 Å². The molecule has 4 heteroatoms. The summed E-state index contributed by atoms with van der Waals surface area (Å²) >= 11 is 0. The second kappa shape index (κ2) is 8.12. The zero-order valence-electron chi connectivity index (χ0n) is 13.6. The SMILES string of the molecule is CC(C)NC1(C#N)CCCC1CCOCC1CCCCO1. The number of nitriles is 1. The second-order valence-corrected chi connectivity index (χ2v) is 6.82. The van der Waals surface area contributed by atoms with Crippen LogP contribution in [-0.2, 0) is 9.47 Å². The highest BCUT2D eigenvalue weighted by Crippen LogP contribution is 2.38. The summed E-state index contributed by atoms with van der Waals surface area (Å²) in [7, 11) is 0. The zero-order chi connectivity index (χ0) is 15.1. The Kier molecular flexibility index (Phi) is 6.47. The van der Waals surface area contributed by atoms with Crippen LogP contribution in [0.25, 0.3) is 0 Å². The van der Waals surface area contributed by atoms with E-state index in [0.717, 1.165) is 45.3 Å². The van der Waals surface area contributed by atoms with Crippen LogP contribution in [0, 0.1) is 17.2 Å². The van der Waals surface area contributed by atoms with Crippen molar-refractivity contribution in [2.45, 2.75) is 76.5 Å². The molecule has 0 amide bonds. The molecule has 21 heavy (non-hydrogen) atoms. The van der Waals surface area contributed by atoms with E-state index in [9.17, 15) is 5.26 Å². The van der Waals surface area contributed by atoms with Crippen LogP contribution in [0.4, 0.5) is 0 Å². The first kappa shape index (κ1) is 16.7. The molecule has 1 aliphatic heterocycles. The van der Waals surface area contributed by atoms with E-state index in [4.69, 9.17) is 9.47 Å². The second-order valence-electron chi connectivity index (χ2n) is 6.82. The summed E-state index contributed by atoms with van der Waals surface area (Å²) in [6.45, 7) is 6.57. The summed E-state index contributed by atoms with van der Waals surface area (Å²) in [5, 5.41) is 13.1. The molecular weight excluding hydrogens is 264 g/mol. The van der Waals surface area contributed by atoms with Crippen LogP contribution in [0.2, 0.25) is 0 Å². The van der Waals surface area contributed by atoms with Crippen LogP contribution < -0.4 is 5.32 Å².